The highest BCUT2D eigenvalue weighted by Crippen LogP contribution is 2.18. The first-order chi connectivity index (χ1) is 13.1. The fourth-order valence-corrected chi connectivity index (χ4v) is 2.69. The lowest BCUT2D eigenvalue weighted by Gasteiger charge is -2.13. The van der Waals surface area contributed by atoms with Crippen LogP contribution in [0.3, 0.4) is 0 Å². The number of carbonyl (C=O) groups is 2. The Morgan fingerprint density at radius 3 is 2.70 bits per heavy atom. The number of ether oxygens (including phenoxy) is 3. The smallest absolute Gasteiger partial charge is 0.306 e. The molecule has 1 unspecified atom stereocenters. The van der Waals surface area contributed by atoms with Crippen LogP contribution in [-0.4, -0.2) is 42.9 Å². The van der Waals surface area contributed by atoms with Gasteiger partial charge < -0.3 is 24.8 Å². The van der Waals surface area contributed by atoms with E-state index in [1.54, 1.807) is 0 Å². The molecule has 1 amide bonds. The van der Waals surface area contributed by atoms with Crippen molar-refractivity contribution in [2.75, 3.05) is 25.1 Å². The van der Waals surface area contributed by atoms with E-state index in [0.29, 0.717) is 13.2 Å². The number of amides is 1. The van der Waals surface area contributed by atoms with Crippen molar-refractivity contribution < 1.29 is 23.8 Å². The summed E-state index contributed by atoms with van der Waals surface area (Å²) in [5.74, 6) is 0.0264. The molecule has 2 rings (SSSR count). The van der Waals surface area contributed by atoms with Crippen LogP contribution in [0.25, 0.3) is 0 Å². The third-order valence-electron chi connectivity index (χ3n) is 3.85. The van der Waals surface area contributed by atoms with E-state index in [1.807, 2.05) is 31.2 Å². The highest BCUT2D eigenvalue weighted by Gasteiger charge is 2.16. The van der Waals surface area contributed by atoms with Crippen molar-refractivity contribution in [1.82, 2.24) is 5.32 Å². The van der Waals surface area contributed by atoms with E-state index < -0.39 is 0 Å². The number of esters is 1. The zero-order chi connectivity index (χ0) is 19.5. The Balaban J connectivity index is 1.67. The van der Waals surface area contributed by atoms with Gasteiger partial charge in [-0.1, -0.05) is 6.92 Å². The molecule has 1 aromatic carbocycles. The standard InChI is InChI=1S/C19H26N2O5S/c1-2-11-25-18(23)10-9-17(22)21-19(27)20-14-5-7-15(8-6-14)26-13-16-4-3-12-24-16/h5-8,16H,2-4,9-13H2,1H3,(H2,20,21,22,27). The third kappa shape index (κ3) is 8.36. The molecule has 1 aliphatic heterocycles. The molecule has 1 aromatic rings. The van der Waals surface area contributed by atoms with Gasteiger partial charge in [0.05, 0.1) is 19.1 Å². The molecule has 0 aliphatic carbocycles. The second-order valence-electron chi connectivity index (χ2n) is 6.19. The number of hydrogen-bond acceptors (Lipinski definition) is 6. The number of rotatable bonds is 9. The number of carbonyl (C=O) groups excluding carboxylic acids is 2. The van der Waals surface area contributed by atoms with Gasteiger partial charge in [0.15, 0.2) is 5.11 Å². The quantitative estimate of drug-likeness (QED) is 0.492. The Morgan fingerprint density at radius 2 is 2.04 bits per heavy atom. The van der Waals surface area contributed by atoms with E-state index in [1.165, 1.54) is 0 Å². The minimum Gasteiger partial charge on any atom is -0.491 e. The van der Waals surface area contributed by atoms with Crippen LogP contribution in [0.5, 0.6) is 5.75 Å². The van der Waals surface area contributed by atoms with Gasteiger partial charge in [0.2, 0.25) is 5.91 Å². The van der Waals surface area contributed by atoms with Crippen LogP contribution in [-0.2, 0) is 19.1 Å². The molecule has 7 nitrogen and oxygen atoms in total. The maximum absolute atomic E-state index is 11.8. The van der Waals surface area contributed by atoms with Gasteiger partial charge in [-0.15, -0.1) is 0 Å². The third-order valence-corrected chi connectivity index (χ3v) is 4.05. The topological polar surface area (TPSA) is 85.9 Å². The molecule has 0 bridgehead atoms. The molecule has 1 heterocycles. The SMILES string of the molecule is CCCOC(=O)CCC(=O)NC(=S)Nc1ccc(OCC2CCCO2)cc1. The molecule has 1 aliphatic rings. The highest BCUT2D eigenvalue weighted by molar-refractivity contribution is 7.80. The molecule has 148 valence electrons. The molecule has 27 heavy (non-hydrogen) atoms. The molecule has 0 saturated carbocycles. The monoisotopic (exact) mass is 394 g/mol. The Kier molecular flexibility index (Phi) is 9.00. The predicted molar refractivity (Wildman–Crippen MR) is 106 cm³/mol. The summed E-state index contributed by atoms with van der Waals surface area (Å²) in [6.07, 6.45) is 3.10. The summed E-state index contributed by atoms with van der Waals surface area (Å²) in [5, 5.41) is 5.64. The Bertz CT molecular complexity index is 629. The van der Waals surface area contributed by atoms with Crippen molar-refractivity contribution in [3.63, 3.8) is 0 Å². The minimum absolute atomic E-state index is 0.0282. The van der Waals surface area contributed by atoms with Crippen LogP contribution in [0.4, 0.5) is 5.69 Å². The van der Waals surface area contributed by atoms with E-state index in [2.05, 4.69) is 10.6 Å². The Hall–Kier alpha value is -2.19. The van der Waals surface area contributed by atoms with E-state index in [9.17, 15) is 9.59 Å². The lowest BCUT2D eigenvalue weighted by molar-refractivity contribution is -0.144. The molecule has 0 radical (unpaired) electrons. The Labute approximate surface area is 164 Å². The molecule has 8 heteroatoms. The van der Waals surface area contributed by atoms with Gasteiger partial charge >= 0.3 is 5.97 Å². The van der Waals surface area contributed by atoms with Crippen molar-refractivity contribution in [2.24, 2.45) is 0 Å². The zero-order valence-corrected chi connectivity index (χ0v) is 16.3. The molecular weight excluding hydrogens is 368 g/mol. The average molecular weight is 394 g/mol. The van der Waals surface area contributed by atoms with E-state index in [0.717, 1.165) is 37.3 Å². The molecular formula is C19H26N2O5S. The number of benzene rings is 1. The Morgan fingerprint density at radius 1 is 1.26 bits per heavy atom. The number of hydrogen-bond donors (Lipinski definition) is 2. The maximum atomic E-state index is 11.8. The van der Waals surface area contributed by atoms with Gasteiger partial charge in [-0.05, 0) is 55.7 Å². The maximum Gasteiger partial charge on any atom is 0.306 e. The minimum atomic E-state index is -0.385. The van der Waals surface area contributed by atoms with Gasteiger partial charge in [-0.2, -0.15) is 0 Å². The number of anilines is 1. The van der Waals surface area contributed by atoms with Crippen LogP contribution in [0.15, 0.2) is 24.3 Å². The molecule has 0 aromatic heterocycles. The van der Waals surface area contributed by atoms with Gasteiger partial charge in [0.1, 0.15) is 12.4 Å². The molecule has 1 fully saturated rings. The summed E-state index contributed by atoms with van der Waals surface area (Å²) in [6.45, 7) is 3.63. The van der Waals surface area contributed by atoms with Crippen molar-refractivity contribution in [3.8, 4) is 5.75 Å². The van der Waals surface area contributed by atoms with Crippen LogP contribution >= 0.6 is 12.2 Å². The highest BCUT2D eigenvalue weighted by atomic mass is 32.1. The zero-order valence-electron chi connectivity index (χ0n) is 15.5. The summed E-state index contributed by atoms with van der Waals surface area (Å²) in [4.78, 5) is 23.2. The van der Waals surface area contributed by atoms with Gasteiger partial charge in [0, 0.05) is 18.7 Å². The predicted octanol–water partition coefficient (Wildman–Crippen LogP) is 2.79. The van der Waals surface area contributed by atoms with E-state index in [4.69, 9.17) is 26.4 Å². The van der Waals surface area contributed by atoms with Crippen molar-refractivity contribution >= 4 is 34.9 Å². The molecule has 0 spiro atoms. The summed E-state index contributed by atoms with van der Waals surface area (Å²) < 4.78 is 16.1. The first-order valence-corrected chi connectivity index (χ1v) is 9.58. The fraction of sp³-hybridized carbons (Fsp3) is 0.526. The van der Waals surface area contributed by atoms with Crippen molar-refractivity contribution in [2.45, 2.75) is 45.1 Å². The number of thiocarbonyl (C=S) groups is 1. The van der Waals surface area contributed by atoms with Crippen LogP contribution in [0, 0.1) is 0 Å². The number of nitrogens with one attached hydrogen (secondary N) is 2. The fourth-order valence-electron chi connectivity index (χ4n) is 2.45. The first-order valence-electron chi connectivity index (χ1n) is 9.17. The lowest BCUT2D eigenvalue weighted by Crippen LogP contribution is -2.34. The van der Waals surface area contributed by atoms with E-state index in [-0.39, 0.29) is 35.9 Å². The van der Waals surface area contributed by atoms with E-state index >= 15 is 0 Å². The van der Waals surface area contributed by atoms with Gasteiger partial charge in [-0.3, -0.25) is 9.59 Å². The summed E-state index contributed by atoms with van der Waals surface area (Å²) in [5.41, 5.74) is 0.729. The molecule has 1 saturated heterocycles. The summed E-state index contributed by atoms with van der Waals surface area (Å²) in [7, 11) is 0. The van der Waals surface area contributed by atoms with Crippen LogP contribution in [0.2, 0.25) is 0 Å². The molecule has 2 N–H and O–H groups in total. The van der Waals surface area contributed by atoms with Crippen molar-refractivity contribution in [1.29, 1.82) is 0 Å². The van der Waals surface area contributed by atoms with Gasteiger partial charge in [0.25, 0.3) is 0 Å². The van der Waals surface area contributed by atoms with Crippen LogP contribution < -0.4 is 15.4 Å². The second kappa shape index (κ2) is 11.5. The van der Waals surface area contributed by atoms with Gasteiger partial charge in [-0.25, -0.2) is 0 Å². The molecule has 1 atom stereocenters. The average Bonchev–Trinajstić information content (AvgIpc) is 3.17. The normalized spacial score (nSPS) is 15.8. The second-order valence-corrected chi connectivity index (χ2v) is 6.60. The summed E-state index contributed by atoms with van der Waals surface area (Å²) >= 11 is 5.11. The first kappa shape index (κ1) is 21.1. The van der Waals surface area contributed by atoms with Crippen LogP contribution in [0.1, 0.15) is 39.0 Å². The largest absolute Gasteiger partial charge is 0.491 e. The summed E-state index contributed by atoms with van der Waals surface area (Å²) in [6, 6.07) is 7.27. The lowest BCUT2D eigenvalue weighted by atomic mass is 10.2. The van der Waals surface area contributed by atoms with Crippen molar-refractivity contribution in [3.05, 3.63) is 24.3 Å².